The van der Waals surface area contributed by atoms with Crippen LogP contribution in [0.3, 0.4) is 0 Å². The van der Waals surface area contributed by atoms with E-state index in [1.165, 1.54) is 32.9 Å². The Labute approximate surface area is 190 Å². The lowest BCUT2D eigenvalue weighted by molar-refractivity contribution is -0.895. The van der Waals surface area contributed by atoms with Gasteiger partial charge in [0.05, 0.1) is 35.3 Å². The van der Waals surface area contributed by atoms with Gasteiger partial charge in [0.25, 0.3) is 5.56 Å². The average Bonchev–Trinajstić information content (AvgIpc) is 3.39. The topological polar surface area (TPSA) is 81.3 Å². The molecule has 7 nitrogen and oxygen atoms in total. The van der Waals surface area contributed by atoms with Crippen molar-refractivity contribution in [3.05, 3.63) is 62.7 Å². The molecule has 0 saturated heterocycles. The van der Waals surface area contributed by atoms with Crippen LogP contribution in [-0.4, -0.2) is 39.8 Å². The average molecular weight is 471 g/mol. The summed E-state index contributed by atoms with van der Waals surface area (Å²) in [4.78, 5) is 38.4. The highest BCUT2D eigenvalue weighted by Crippen LogP contribution is 2.31. The van der Waals surface area contributed by atoms with Crippen molar-refractivity contribution in [1.82, 2.24) is 14.5 Å². The molecule has 2 N–H and O–H groups in total. The Bertz CT molecular complexity index is 1300. The predicted molar refractivity (Wildman–Crippen MR) is 126 cm³/mol. The quantitative estimate of drug-likeness (QED) is 0.345. The number of likely N-dealkylation sites (N-methyl/N-ethyl adjacent to an activating group) is 1. The SMILES string of the molecule is C[NH+]1CCc2c(sc3nc(SCC(=O)Nc4nccs4)n(-c4ccccc4)c(=O)c23)C1. The molecule has 0 bridgehead atoms. The van der Waals surface area contributed by atoms with E-state index in [0.717, 1.165) is 41.0 Å². The molecule has 158 valence electrons. The molecule has 1 unspecified atom stereocenters. The Kier molecular flexibility index (Phi) is 5.61. The van der Waals surface area contributed by atoms with Crippen LogP contribution in [0.15, 0.2) is 51.9 Å². The van der Waals surface area contributed by atoms with E-state index in [1.54, 1.807) is 22.1 Å². The highest BCUT2D eigenvalue weighted by molar-refractivity contribution is 7.99. The normalized spacial score (nSPS) is 15.7. The number of thiazole rings is 1. The van der Waals surface area contributed by atoms with Gasteiger partial charge in [-0.3, -0.25) is 14.2 Å². The fourth-order valence-corrected chi connectivity index (χ4v) is 6.45. The number of benzene rings is 1. The first-order chi connectivity index (χ1) is 15.1. The number of fused-ring (bicyclic) bond motifs is 3. The summed E-state index contributed by atoms with van der Waals surface area (Å²) >= 11 is 4.24. The monoisotopic (exact) mass is 470 g/mol. The molecule has 1 amide bonds. The smallest absolute Gasteiger partial charge is 0.267 e. The number of thioether (sulfide) groups is 1. The summed E-state index contributed by atoms with van der Waals surface area (Å²) in [5.41, 5.74) is 1.84. The summed E-state index contributed by atoms with van der Waals surface area (Å²) in [6.45, 7) is 1.93. The van der Waals surface area contributed by atoms with Crippen molar-refractivity contribution in [3.63, 3.8) is 0 Å². The number of carbonyl (C=O) groups excluding carboxylic acids is 1. The van der Waals surface area contributed by atoms with E-state index in [9.17, 15) is 9.59 Å². The molecule has 4 aromatic rings. The van der Waals surface area contributed by atoms with Gasteiger partial charge in [-0.25, -0.2) is 9.97 Å². The number of para-hydroxylation sites is 1. The van der Waals surface area contributed by atoms with Gasteiger partial charge in [0.2, 0.25) is 5.91 Å². The molecule has 0 fully saturated rings. The largest absolute Gasteiger partial charge is 0.333 e. The second-order valence-electron chi connectivity index (χ2n) is 7.36. The van der Waals surface area contributed by atoms with E-state index in [2.05, 4.69) is 17.3 Å². The van der Waals surface area contributed by atoms with E-state index >= 15 is 0 Å². The Morgan fingerprint density at radius 2 is 2.16 bits per heavy atom. The van der Waals surface area contributed by atoms with Crippen LogP contribution in [0.1, 0.15) is 10.4 Å². The zero-order valence-corrected chi connectivity index (χ0v) is 19.2. The van der Waals surface area contributed by atoms with E-state index in [0.29, 0.717) is 10.3 Å². The van der Waals surface area contributed by atoms with Crippen LogP contribution >= 0.6 is 34.4 Å². The minimum atomic E-state index is -0.176. The summed E-state index contributed by atoms with van der Waals surface area (Å²) in [7, 11) is 2.17. The third kappa shape index (κ3) is 4.03. The summed E-state index contributed by atoms with van der Waals surface area (Å²) in [6.07, 6.45) is 2.53. The van der Waals surface area contributed by atoms with Crippen molar-refractivity contribution >= 4 is 55.7 Å². The molecule has 3 aromatic heterocycles. The molecule has 1 aromatic carbocycles. The van der Waals surface area contributed by atoms with Gasteiger partial charge in [0.15, 0.2) is 10.3 Å². The number of amides is 1. The van der Waals surface area contributed by atoms with Gasteiger partial charge in [-0.1, -0.05) is 30.0 Å². The van der Waals surface area contributed by atoms with Crippen LogP contribution in [0, 0.1) is 0 Å². The van der Waals surface area contributed by atoms with Gasteiger partial charge >= 0.3 is 0 Å². The van der Waals surface area contributed by atoms with Crippen LogP contribution in [-0.2, 0) is 17.8 Å². The van der Waals surface area contributed by atoms with Crippen molar-refractivity contribution in [2.75, 3.05) is 24.7 Å². The van der Waals surface area contributed by atoms with Crippen molar-refractivity contribution in [2.24, 2.45) is 0 Å². The number of anilines is 1. The standard InChI is InChI=1S/C21H19N5O2S3/c1-25-9-7-14-15(11-25)31-18-17(14)19(28)26(13-5-3-2-4-6-13)21(24-18)30-12-16(27)23-20-22-8-10-29-20/h2-6,8,10H,7,9,11-12H2,1H3,(H,22,23,27)/p+1. The van der Waals surface area contributed by atoms with Crippen LogP contribution < -0.4 is 15.8 Å². The fraction of sp³-hybridized carbons (Fsp3) is 0.238. The summed E-state index contributed by atoms with van der Waals surface area (Å²) in [6, 6.07) is 9.50. The molecule has 0 radical (unpaired) electrons. The van der Waals surface area contributed by atoms with Crippen molar-refractivity contribution in [1.29, 1.82) is 0 Å². The first kappa shape index (κ1) is 20.4. The van der Waals surface area contributed by atoms with Crippen LogP contribution in [0.2, 0.25) is 0 Å². The van der Waals surface area contributed by atoms with E-state index in [4.69, 9.17) is 4.98 Å². The van der Waals surface area contributed by atoms with Crippen molar-refractivity contribution in [2.45, 2.75) is 18.1 Å². The Morgan fingerprint density at radius 3 is 2.94 bits per heavy atom. The summed E-state index contributed by atoms with van der Waals surface area (Å²) < 4.78 is 1.64. The Morgan fingerprint density at radius 1 is 1.32 bits per heavy atom. The zero-order valence-electron chi connectivity index (χ0n) is 16.8. The number of nitrogens with zero attached hydrogens (tertiary/aromatic N) is 3. The Balaban J connectivity index is 1.56. The number of quaternary nitrogens is 1. The number of hydrogen-bond acceptors (Lipinski definition) is 7. The van der Waals surface area contributed by atoms with Crippen molar-refractivity contribution < 1.29 is 9.69 Å². The highest BCUT2D eigenvalue weighted by Gasteiger charge is 2.26. The maximum atomic E-state index is 13.7. The molecule has 1 atom stereocenters. The minimum Gasteiger partial charge on any atom is -0.333 e. The molecule has 0 saturated carbocycles. The lowest BCUT2D eigenvalue weighted by Gasteiger charge is -2.19. The number of nitrogens with one attached hydrogen (secondary N) is 2. The summed E-state index contributed by atoms with van der Waals surface area (Å²) in [5, 5.41) is 6.41. The molecular weight excluding hydrogens is 450 g/mol. The lowest BCUT2D eigenvalue weighted by atomic mass is 10.1. The maximum absolute atomic E-state index is 13.7. The molecule has 1 aliphatic rings. The molecule has 10 heteroatoms. The number of thiophene rings is 1. The van der Waals surface area contributed by atoms with E-state index < -0.39 is 0 Å². The fourth-order valence-electron chi connectivity index (χ4n) is 3.71. The third-order valence-electron chi connectivity index (χ3n) is 5.17. The minimum absolute atomic E-state index is 0.0592. The highest BCUT2D eigenvalue weighted by atomic mass is 32.2. The molecule has 5 rings (SSSR count). The Hall–Kier alpha value is -2.53. The molecule has 31 heavy (non-hydrogen) atoms. The van der Waals surface area contributed by atoms with Crippen LogP contribution in [0.25, 0.3) is 15.9 Å². The van der Waals surface area contributed by atoms with Gasteiger partial charge in [-0.05, 0) is 17.7 Å². The number of aromatic nitrogens is 3. The van der Waals surface area contributed by atoms with Crippen molar-refractivity contribution in [3.8, 4) is 5.69 Å². The molecule has 1 aliphatic heterocycles. The number of hydrogen-bond donors (Lipinski definition) is 2. The number of rotatable bonds is 5. The van der Waals surface area contributed by atoms with Gasteiger partial charge < -0.3 is 10.2 Å². The van der Waals surface area contributed by atoms with E-state index in [-0.39, 0.29) is 17.2 Å². The van der Waals surface area contributed by atoms with E-state index in [1.807, 2.05) is 35.7 Å². The summed E-state index contributed by atoms with van der Waals surface area (Å²) in [5.74, 6) is -0.0351. The van der Waals surface area contributed by atoms with Crippen LogP contribution in [0.5, 0.6) is 0 Å². The van der Waals surface area contributed by atoms with Gasteiger partial charge in [0, 0.05) is 18.0 Å². The molecular formula is C21H20N5O2S3+. The molecule has 4 heterocycles. The third-order valence-corrected chi connectivity index (χ3v) is 7.92. The lowest BCUT2D eigenvalue weighted by Crippen LogP contribution is -3.08. The maximum Gasteiger partial charge on any atom is 0.267 e. The molecule has 0 aliphatic carbocycles. The number of carbonyl (C=O) groups is 1. The van der Waals surface area contributed by atoms with Gasteiger partial charge in [0.1, 0.15) is 11.4 Å². The zero-order chi connectivity index (χ0) is 21.4. The van der Waals surface area contributed by atoms with Gasteiger partial charge in [-0.2, -0.15) is 0 Å². The second kappa shape index (κ2) is 8.54. The second-order valence-corrected chi connectivity index (χ2v) is 10.3. The first-order valence-electron chi connectivity index (χ1n) is 9.86. The first-order valence-corrected chi connectivity index (χ1v) is 12.5. The van der Waals surface area contributed by atoms with Gasteiger partial charge in [-0.15, -0.1) is 22.7 Å². The molecule has 0 spiro atoms. The predicted octanol–water partition coefficient (Wildman–Crippen LogP) is 2.21. The van der Waals surface area contributed by atoms with Crippen LogP contribution in [0.4, 0.5) is 5.13 Å².